The van der Waals surface area contributed by atoms with Gasteiger partial charge < -0.3 is 14.8 Å². The average Bonchev–Trinajstić information content (AvgIpc) is 2.75. The first-order chi connectivity index (χ1) is 14.4. The Kier molecular flexibility index (Phi) is 7.70. The number of sulfonamides is 1. The molecule has 1 amide bonds. The number of nitrogens with one attached hydrogen (secondary N) is 1. The van der Waals surface area contributed by atoms with Gasteiger partial charge in [-0.25, -0.2) is 12.8 Å². The van der Waals surface area contributed by atoms with Crippen molar-refractivity contribution in [2.24, 2.45) is 0 Å². The van der Waals surface area contributed by atoms with Crippen LogP contribution in [-0.4, -0.2) is 57.8 Å². The summed E-state index contributed by atoms with van der Waals surface area (Å²) < 4.78 is 51.2. The van der Waals surface area contributed by atoms with Crippen molar-refractivity contribution in [3.63, 3.8) is 0 Å². The van der Waals surface area contributed by atoms with E-state index in [2.05, 4.69) is 5.32 Å². The topological polar surface area (TPSA) is 84.9 Å². The molecule has 0 aliphatic carbocycles. The van der Waals surface area contributed by atoms with Gasteiger partial charge in [0.05, 0.1) is 30.9 Å². The molecule has 3 rings (SSSR count). The summed E-state index contributed by atoms with van der Waals surface area (Å²) in [5.41, 5.74) is 0.271. The zero-order chi connectivity index (χ0) is 21.6. The Balaban J connectivity index is 1.67. The molecule has 0 aromatic heterocycles. The van der Waals surface area contributed by atoms with E-state index in [0.717, 1.165) is 0 Å². The van der Waals surface area contributed by atoms with Crippen molar-refractivity contribution in [1.82, 2.24) is 4.31 Å². The van der Waals surface area contributed by atoms with Crippen molar-refractivity contribution < 1.29 is 27.1 Å². The van der Waals surface area contributed by atoms with E-state index in [9.17, 15) is 17.6 Å². The number of nitrogens with zero attached hydrogens (tertiary/aromatic N) is 1. The van der Waals surface area contributed by atoms with Crippen LogP contribution in [-0.2, 0) is 19.6 Å². The van der Waals surface area contributed by atoms with E-state index in [1.165, 1.54) is 47.4 Å². The van der Waals surface area contributed by atoms with Crippen LogP contribution in [0, 0.1) is 5.82 Å². The summed E-state index contributed by atoms with van der Waals surface area (Å²) in [4.78, 5) is 12.9. The van der Waals surface area contributed by atoms with Crippen LogP contribution in [0.3, 0.4) is 0 Å². The molecule has 30 heavy (non-hydrogen) atoms. The van der Waals surface area contributed by atoms with Gasteiger partial charge in [0.25, 0.3) is 0 Å². The number of carbonyl (C=O) groups excluding carboxylic acids is 1. The number of hydrogen-bond acceptors (Lipinski definition) is 6. The Morgan fingerprint density at radius 1 is 1.23 bits per heavy atom. The summed E-state index contributed by atoms with van der Waals surface area (Å²) in [6.45, 7) is 1.25. The molecule has 10 heteroatoms. The molecule has 1 N–H and O–H groups in total. The Hall–Kier alpha value is -2.14. The van der Waals surface area contributed by atoms with Crippen molar-refractivity contribution in [1.29, 1.82) is 0 Å². The second-order valence-electron chi connectivity index (χ2n) is 6.46. The molecule has 162 valence electrons. The number of morpholine rings is 1. The molecule has 1 saturated heterocycles. The second-order valence-corrected chi connectivity index (χ2v) is 9.53. The number of methoxy groups -OCH3 is 1. The van der Waals surface area contributed by atoms with Gasteiger partial charge in [0.15, 0.2) is 0 Å². The summed E-state index contributed by atoms with van der Waals surface area (Å²) in [5, 5.41) is 2.70. The fourth-order valence-electron chi connectivity index (χ4n) is 2.91. The average molecular weight is 455 g/mol. The Labute approximate surface area is 179 Å². The van der Waals surface area contributed by atoms with Crippen molar-refractivity contribution in [2.75, 3.05) is 44.5 Å². The largest absolute Gasteiger partial charge is 0.495 e. The minimum absolute atomic E-state index is 0.0706. The number of carbonyl (C=O) groups is 1. The van der Waals surface area contributed by atoms with E-state index >= 15 is 0 Å². The minimum atomic E-state index is -3.70. The van der Waals surface area contributed by atoms with Crippen molar-refractivity contribution in [3.05, 3.63) is 48.3 Å². The van der Waals surface area contributed by atoms with E-state index in [-0.39, 0.29) is 41.8 Å². The fraction of sp³-hybridized carbons (Fsp3) is 0.350. The zero-order valence-electron chi connectivity index (χ0n) is 16.5. The number of amides is 1. The highest BCUT2D eigenvalue weighted by atomic mass is 32.2. The Bertz CT molecular complexity index is 994. The molecule has 0 bridgehead atoms. The van der Waals surface area contributed by atoms with Crippen molar-refractivity contribution in [3.8, 4) is 5.75 Å². The summed E-state index contributed by atoms with van der Waals surface area (Å²) in [5.74, 6) is 0.0793. The first kappa shape index (κ1) is 22.5. The van der Waals surface area contributed by atoms with Gasteiger partial charge in [-0.05, 0) is 30.3 Å². The van der Waals surface area contributed by atoms with Crippen molar-refractivity contribution >= 4 is 33.4 Å². The molecule has 0 atom stereocenters. The van der Waals surface area contributed by atoms with Crippen LogP contribution in [0.5, 0.6) is 5.75 Å². The number of hydrogen-bond donors (Lipinski definition) is 1. The highest BCUT2D eigenvalue weighted by Crippen LogP contribution is 2.30. The lowest BCUT2D eigenvalue weighted by Crippen LogP contribution is -2.40. The third kappa shape index (κ3) is 5.51. The van der Waals surface area contributed by atoms with Crippen LogP contribution in [0.2, 0.25) is 0 Å². The summed E-state index contributed by atoms with van der Waals surface area (Å²) in [7, 11) is -2.26. The first-order valence-electron chi connectivity index (χ1n) is 9.35. The van der Waals surface area contributed by atoms with E-state index in [1.54, 1.807) is 18.2 Å². The molecule has 0 unspecified atom stereocenters. The minimum Gasteiger partial charge on any atom is -0.495 e. The van der Waals surface area contributed by atoms with E-state index in [1.807, 2.05) is 0 Å². The smallest absolute Gasteiger partial charge is 0.243 e. The molecular weight excluding hydrogens is 431 g/mol. The third-order valence-corrected chi connectivity index (χ3v) is 7.42. The molecule has 2 aromatic rings. The predicted octanol–water partition coefficient (Wildman–Crippen LogP) is 2.98. The number of thioether (sulfide) groups is 1. The zero-order valence-corrected chi connectivity index (χ0v) is 18.1. The number of ether oxygens (including phenoxy) is 2. The second kappa shape index (κ2) is 10.3. The summed E-state index contributed by atoms with van der Waals surface area (Å²) in [6, 6.07) is 10.7. The monoisotopic (exact) mass is 454 g/mol. The molecule has 1 heterocycles. The van der Waals surface area contributed by atoms with E-state index in [0.29, 0.717) is 29.6 Å². The maximum atomic E-state index is 13.7. The maximum Gasteiger partial charge on any atom is 0.243 e. The number of halogens is 1. The molecule has 1 fully saturated rings. The lowest BCUT2D eigenvalue weighted by molar-refractivity contribution is -0.115. The van der Waals surface area contributed by atoms with Crippen LogP contribution in [0.1, 0.15) is 6.42 Å². The standard InChI is InChI=1S/C20H23FN2O5S2/c1-27-18-7-6-15(30(25,26)23-9-11-28-12-10-23)14-17(18)22-20(24)8-13-29-19-5-3-2-4-16(19)21/h2-7,14H,8-13H2,1H3,(H,22,24). The van der Waals surface area contributed by atoms with Gasteiger partial charge in [-0.15, -0.1) is 11.8 Å². The van der Waals surface area contributed by atoms with E-state index in [4.69, 9.17) is 9.47 Å². The quantitative estimate of drug-likeness (QED) is 0.618. The van der Waals surface area contributed by atoms with Gasteiger partial charge in [0, 0.05) is 30.2 Å². The Morgan fingerprint density at radius 2 is 1.97 bits per heavy atom. The summed E-state index contributed by atoms with van der Waals surface area (Å²) in [6.07, 6.45) is 0.128. The van der Waals surface area contributed by atoms with Crippen LogP contribution in [0.25, 0.3) is 0 Å². The number of anilines is 1. The van der Waals surface area contributed by atoms with Gasteiger partial charge in [-0.1, -0.05) is 12.1 Å². The van der Waals surface area contributed by atoms with Crippen LogP contribution in [0.15, 0.2) is 52.3 Å². The highest BCUT2D eigenvalue weighted by Gasteiger charge is 2.27. The molecule has 1 aliphatic rings. The highest BCUT2D eigenvalue weighted by molar-refractivity contribution is 7.99. The van der Waals surface area contributed by atoms with Gasteiger partial charge >= 0.3 is 0 Å². The third-order valence-electron chi connectivity index (χ3n) is 4.48. The van der Waals surface area contributed by atoms with Crippen LogP contribution >= 0.6 is 11.8 Å². The predicted molar refractivity (Wildman–Crippen MR) is 113 cm³/mol. The van der Waals surface area contributed by atoms with Gasteiger partial charge in [0.1, 0.15) is 11.6 Å². The maximum absolute atomic E-state index is 13.7. The lowest BCUT2D eigenvalue weighted by Gasteiger charge is -2.26. The molecule has 0 radical (unpaired) electrons. The normalized spacial score (nSPS) is 15.0. The number of rotatable bonds is 8. The fourth-order valence-corrected chi connectivity index (χ4v) is 5.23. The number of benzene rings is 2. The lowest BCUT2D eigenvalue weighted by atomic mass is 10.3. The Morgan fingerprint density at radius 3 is 2.67 bits per heavy atom. The SMILES string of the molecule is COc1ccc(S(=O)(=O)N2CCOCC2)cc1NC(=O)CCSc1ccccc1F. The molecular formula is C20H23FN2O5S2. The van der Waals surface area contributed by atoms with Gasteiger partial charge in [-0.2, -0.15) is 4.31 Å². The van der Waals surface area contributed by atoms with Gasteiger partial charge in [0.2, 0.25) is 15.9 Å². The molecule has 0 saturated carbocycles. The van der Waals surface area contributed by atoms with Crippen LogP contribution in [0.4, 0.5) is 10.1 Å². The van der Waals surface area contributed by atoms with Gasteiger partial charge in [-0.3, -0.25) is 4.79 Å². The first-order valence-corrected chi connectivity index (χ1v) is 11.8. The van der Waals surface area contributed by atoms with Crippen LogP contribution < -0.4 is 10.1 Å². The molecule has 7 nitrogen and oxygen atoms in total. The molecule has 2 aromatic carbocycles. The molecule has 0 spiro atoms. The van der Waals surface area contributed by atoms with E-state index < -0.39 is 10.0 Å². The molecule has 1 aliphatic heterocycles. The van der Waals surface area contributed by atoms with Crippen molar-refractivity contribution in [2.45, 2.75) is 16.2 Å². The summed E-state index contributed by atoms with van der Waals surface area (Å²) >= 11 is 1.24.